The molecule has 0 fully saturated rings. The molecule has 0 aliphatic carbocycles. The van der Waals surface area contributed by atoms with Crippen LogP contribution in [0.1, 0.15) is 18.1 Å². The van der Waals surface area contributed by atoms with Crippen LogP contribution in [0.2, 0.25) is 0 Å². The van der Waals surface area contributed by atoms with Gasteiger partial charge < -0.3 is 0 Å². The van der Waals surface area contributed by atoms with Crippen LogP contribution in [-0.2, 0) is 17.0 Å². The van der Waals surface area contributed by atoms with Gasteiger partial charge in [-0.2, -0.15) is 0 Å². The van der Waals surface area contributed by atoms with Crippen molar-refractivity contribution in [1.29, 1.82) is 0 Å². The van der Waals surface area contributed by atoms with Gasteiger partial charge in [0.25, 0.3) is 0 Å². The van der Waals surface area contributed by atoms with Gasteiger partial charge in [0, 0.05) is 17.1 Å². The van der Waals surface area contributed by atoms with Gasteiger partial charge in [-0.05, 0) is 41.0 Å². The minimum atomic E-state index is 0.204. The number of carbonyl (C=O) groups is 1. The highest BCUT2D eigenvalue weighted by molar-refractivity contribution is 7.98. The Morgan fingerprint density at radius 1 is 0.955 bits per heavy atom. The van der Waals surface area contributed by atoms with Crippen molar-refractivity contribution in [3.63, 3.8) is 0 Å². The smallest absolute Gasteiger partial charge is 0.134 e. The SMILES string of the molecule is CC(=O)Cc1cc(SCc2ccccc2)cc2ccccc12. The Hall–Kier alpha value is -2.06. The Kier molecular flexibility index (Phi) is 4.59. The number of Topliss-reactive ketones (excluding diaryl/α,β-unsaturated/α-hetero) is 1. The van der Waals surface area contributed by atoms with Gasteiger partial charge in [0.15, 0.2) is 0 Å². The maximum absolute atomic E-state index is 11.5. The molecule has 0 bridgehead atoms. The number of ketones is 1. The van der Waals surface area contributed by atoms with Crippen LogP contribution in [0.4, 0.5) is 0 Å². The Balaban J connectivity index is 1.91. The van der Waals surface area contributed by atoms with E-state index in [-0.39, 0.29) is 5.78 Å². The number of thioether (sulfide) groups is 1. The molecular weight excluding hydrogens is 288 g/mol. The molecule has 0 atom stereocenters. The standard InChI is InChI=1S/C20H18OS/c1-15(21)11-18-13-19(12-17-9-5-6-10-20(17)18)22-14-16-7-3-2-4-8-16/h2-10,12-13H,11,14H2,1H3. The van der Waals surface area contributed by atoms with E-state index in [1.54, 1.807) is 6.92 Å². The van der Waals surface area contributed by atoms with Gasteiger partial charge in [-0.3, -0.25) is 4.79 Å². The molecule has 22 heavy (non-hydrogen) atoms. The van der Waals surface area contributed by atoms with Gasteiger partial charge in [0.05, 0.1) is 0 Å². The Morgan fingerprint density at radius 3 is 2.45 bits per heavy atom. The highest BCUT2D eigenvalue weighted by Gasteiger charge is 2.07. The van der Waals surface area contributed by atoms with Gasteiger partial charge >= 0.3 is 0 Å². The fourth-order valence-corrected chi connectivity index (χ4v) is 3.56. The molecule has 0 saturated carbocycles. The Morgan fingerprint density at radius 2 is 1.68 bits per heavy atom. The van der Waals surface area contributed by atoms with Crippen LogP contribution in [0.5, 0.6) is 0 Å². The molecule has 1 nitrogen and oxygen atoms in total. The predicted octanol–water partition coefficient (Wildman–Crippen LogP) is 5.26. The van der Waals surface area contributed by atoms with Crippen LogP contribution in [0.3, 0.4) is 0 Å². The quantitative estimate of drug-likeness (QED) is 0.598. The van der Waals surface area contributed by atoms with E-state index >= 15 is 0 Å². The summed E-state index contributed by atoms with van der Waals surface area (Å²) in [6.45, 7) is 1.65. The zero-order valence-electron chi connectivity index (χ0n) is 12.6. The van der Waals surface area contributed by atoms with Crippen molar-refractivity contribution in [3.05, 3.63) is 77.9 Å². The fraction of sp³-hybridized carbons (Fsp3) is 0.150. The van der Waals surface area contributed by atoms with Gasteiger partial charge in [0.2, 0.25) is 0 Å². The van der Waals surface area contributed by atoms with Crippen molar-refractivity contribution in [2.75, 3.05) is 0 Å². The second-order valence-electron chi connectivity index (χ2n) is 5.46. The second-order valence-corrected chi connectivity index (χ2v) is 6.51. The lowest BCUT2D eigenvalue weighted by Gasteiger charge is -2.09. The summed E-state index contributed by atoms with van der Waals surface area (Å²) in [5.41, 5.74) is 2.44. The molecule has 0 radical (unpaired) electrons. The van der Waals surface area contributed by atoms with E-state index in [1.807, 2.05) is 30.0 Å². The average Bonchev–Trinajstić information content (AvgIpc) is 2.53. The molecule has 0 spiro atoms. The summed E-state index contributed by atoms with van der Waals surface area (Å²) in [7, 11) is 0. The molecule has 0 amide bonds. The first kappa shape index (κ1) is 14.9. The third-order valence-electron chi connectivity index (χ3n) is 3.61. The minimum Gasteiger partial charge on any atom is -0.300 e. The number of hydrogen-bond donors (Lipinski definition) is 0. The van der Waals surface area contributed by atoms with E-state index in [2.05, 4.69) is 48.5 Å². The molecule has 0 heterocycles. The third kappa shape index (κ3) is 3.58. The molecule has 110 valence electrons. The molecule has 3 aromatic carbocycles. The van der Waals surface area contributed by atoms with Crippen LogP contribution in [0.15, 0.2) is 71.6 Å². The normalized spacial score (nSPS) is 10.8. The summed E-state index contributed by atoms with van der Waals surface area (Å²) in [5, 5.41) is 2.39. The average molecular weight is 306 g/mol. The first-order valence-electron chi connectivity index (χ1n) is 7.40. The van der Waals surface area contributed by atoms with Gasteiger partial charge in [0.1, 0.15) is 5.78 Å². The Labute approximate surface area is 135 Å². The largest absolute Gasteiger partial charge is 0.300 e. The number of benzene rings is 3. The molecule has 3 rings (SSSR count). The van der Waals surface area contributed by atoms with E-state index in [0.717, 1.165) is 11.3 Å². The molecule has 2 heteroatoms. The van der Waals surface area contributed by atoms with E-state index in [0.29, 0.717) is 6.42 Å². The minimum absolute atomic E-state index is 0.204. The lowest BCUT2D eigenvalue weighted by atomic mass is 10.0. The van der Waals surface area contributed by atoms with E-state index in [1.165, 1.54) is 21.2 Å². The van der Waals surface area contributed by atoms with Gasteiger partial charge in [-0.15, -0.1) is 11.8 Å². The second kappa shape index (κ2) is 6.80. The fourth-order valence-electron chi connectivity index (χ4n) is 2.60. The molecular formula is C20H18OS. The molecule has 0 aliphatic heterocycles. The van der Waals surface area contributed by atoms with Gasteiger partial charge in [-0.1, -0.05) is 54.6 Å². The van der Waals surface area contributed by atoms with E-state index in [4.69, 9.17) is 0 Å². The van der Waals surface area contributed by atoms with Crippen molar-refractivity contribution >= 4 is 28.3 Å². The van der Waals surface area contributed by atoms with Crippen LogP contribution >= 0.6 is 11.8 Å². The summed E-state index contributed by atoms with van der Waals surface area (Å²) in [6, 6.07) is 23.1. The Bertz CT molecular complexity index is 793. The summed E-state index contributed by atoms with van der Waals surface area (Å²) < 4.78 is 0. The predicted molar refractivity (Wildman–Crippen MR) is 94.3 cm³/mol. The molecule has 0 unspecified atom stereocenters. The topological polar surface area (TPSA) is 17.1 Å². The molecule has 0 saturated heterocycles. The summed E-state index contributed by atoms with van der Waals surface area (Å²) >= 11 is 1.82. The summed E-state index contributed by atoms with van der Waals surface area (Å²) in [5.74, 6) is 1.15. The maximum Gasteiger partial charge on any atom is 0.134 e. The first-order valence-corrected chi connectivity index (χ1v) is 8.39. The van der Waals surface area contributed by atoms with Crippen molar-refractivity contribution in [3.8, 4) is 0 Å². The summed E-state index contributed by atoms with van der Waals surface area (Å²) in [4.78, 5) is 12.8. The molecule has 0 N–H and O–H groups in total. The third-order valence-corrected chi connectivity index (χ3v) is 4.66. The molecule has 0 aromatic heterocycles. The van der Waals surface area contributed by atoms with E-state index < -0.39 is 0 Å². The van der Waals surface area contributed by atoms with Crippen LogP contribution < -0.4 is 0 Å². The van der Waals surface area contributed by atoms with Gasteiger partial charge in [-0.25, -0.2) is 0 Å². The van der Waals surface area contributed by atoms with Crippen molar-refractivity contribution in [2.45, 2.75) is 24.0 Å². The van der Waals surface area contributed by atoms with Crippen LogP contribution in [0.25, 0.3) is 10.8 Å². The lowest BCUT2D eigenvalue weighted by Crippen LogP contribution is -1.97. The number of rotatable bonds is 5. The zero-order valence-corrected chi connectivity index (χ0v) is 13.4. The number of fused-ring (bicyclic) bond motifs is 1. The maximum atomic E-state index is 11.5. The van der Waals surface area contributed by atoms with Crippen LogP contribution in [0, 0.1) is 0 Å². The summed E-state index contributed by atoms with van der Waals surface area (Å²) in [6.07, 6.45) is 0.500. The van der Waals surface area contributed by atoms with Crippen LogP contribution in [-0.4, -0.2) is 5.78 Å². The van der Waals surface area contributed by atoms with E-state index in [9.17, 15) is 4.79 Å². The number of carbonyl (C=O) groups excluding carboxylic acids is 1. The molecule has 0 aliphatic rings. The monoisotopic (exact) mass is 306 g/mol. The molecule has 3 aromatic rings. The number of hydrogen-bond acceptors (Lipinski definition) is 2. The highest BCUT2D eigenvalue weighted by atomic mass is 32.2. The lowest BCUT2D eigenvalue weighted by molar-refractivity contribution is -0.116. The highest BCUT2D eigenvalue weighted by Crippen LogP contribution is 2.29. The van der Waals surface area contributed by atoms with Crippen molar-refractivity contribution < 1.29 is 4.79 Å². The zero-order chi connectivity index (χ0) is 15.4. The van der Waals surface area contributed by atoms with Crippen molar-refractivity contribution in [2.24, 2.45) is 0 Å². The first-order chi connectivity index (χ1) is 10.7. The van der Waals surface area contributed by atoms with Crippen molar-refractivity contribution in [1.82, 2.24) is 0 Å².